The van der Waals surface area contributed by atoms with E-state index in [2.05, 4.69) is 15.2 Å². The second-order valence-electron chi connectivity index (χ2n) is 6.53. The van der Waals surface area contributed by atoms with E-state index in [4.69, 9.17) is 0 Å². The number of nitrogens with zero attached hydrogens (tertiary/aromatic N) is 6. The summed E-state index contributed by atoms with van der Waals surface area (Å²) >= 11 is 0. The van der Waals surface area contributed by atoms with Crippen LogP contribution >= 0.6 is 0 Å². The lowest BCUT2D eigenvalue weighted by atomic mass is 10.1. The van der Waals surface area contributed by atoms with Crippen LogP contribution in [0.3, 0.4) is 0 Å². The molecule has 0 saturated carbocycles. The average Bonchev–Trinajstić information content (AvgIpc) is 3.32. The molecule has 3 aromatic heterocycles. The first-order valence-electron chi connectivity index (χ1n) is 9.35. The highest BCUT2D eigenvalue weighted by Crippen LogP contribution is 2.26. The van der Waals surface area contributed by atoms with Gasteiger partial charge in [-0.3, -0.25) is 9.48 Å². The Labute approximate surface area is 163 Å². The lowest BCUT2D eigenvalue weighted by molar-refractivity contribution is 0.0773. The second-order valence-corrected chi connectivity index (χ2v) is 6.53. The lowest BCUT2D eigenvalue weighted by Crippen LogP contribution is -2.30. The molecular weight excluding hydrogens is 352 g/mol. The number of pyridine rings is 1. The van der Waals surface area contributed by atoms with Crippen molar-refractivity contribution in [3.05, 3.63) is 60.4 Å². The number of carbonyl (C=O) groups is 1. The maximum Gasteiger partial charge on any atom is 0.257 e. The van der Waals surface area contributed by atoms with Crippen molar-refractivity contribution in [1.29, 1.82) is 0 Å². The van der Waals surface area contributed by atoms with Crippen molar-refractivity contribution in [1.82, 2.24) is 29.3 Å². The van der Waals surface area contributed by atoms with Gasteiger partial charge in [0.15, 0.2) is 11.5 Å². The molecule has 1 amide bonds. The topological polar surface area (TPSA) is 68.3 Å². The summed E-state index contributed by atoms with van der Waals surface area (Å²) in [7, 11) is 1.84. The summed E-state index contributed by atoms with van der Waals surface area (Å²) in [4.78, 5) is 19.4. The number of amides is 1. The number of hydrogen-bond acceptors (Lipinski definition) is 4. The zero-order valence-electron chi connectivity index (χ0n) is 16.2. The van der Waals surface area contributed by atoms with Crippen LogP contribution in [0.1, 0.15) is 24.2 Å². The Bertz CT molecular complexity index is 1120. The number of fused-ring (bicyclic) bond motifs is 1. The first-order chi connectivity index (χ1) is 13.6. The quantitative estimate of drug-likeness (QED) is 0.538. The molecule has 4 rings (SSSR count). The Morgan fingerprint density at radius 1 is 1.07 bits per heavy atom. The van der Waals surface area contributed by atoms with Crippen LogP contribution in [0.2, 0.25) is 0 Å². The summed E-state index contributed by atoms with van der Waals surface area (Å²) in [5.74, 6) is 0.654. The molecule has 0 unspecified atom stereocenters. The van der Waals surface area contributed by atoms with Gasteiger partial charge in [-0.1, -0.05) is 30.3 Å². The SMILES string of the molecule is CCN(CC)C(=O)c1cnn(C)c1-c1ccn2nc(-c3ccccc3)nc2c1. The predicted octanol–water partition coefficient (Wildman–Crippen LogP) is 3.28. The van der Waals surface area contributed by atoms with Crippen LogP contribution in [0.5, 0.6) is 0 Å². The van der Waals surface area contributed by atoms with Crippen molar-refractivity contribution in [2.24, 2.45) is 7.05 Å². The summed E-state index contributed by atoms with van der Waals surface area (Å²) in [6.07, 6.45) is 3.50. The molecule has 28 heavy (non-hydrogen) atoms. The fourth-order valence-corrected chi connectivity index (χ4v) is 3.36. The fraction of sp³-hybridized carbons (Fsp3) is 0.238. The van der Waals surface area contributed by atoms with Crippen LogP contribution in [-0.2, 0) is 7.05 Å². The van der Waals surface area contributed by atoms with Crippen molar-refractivity contribution >= 4 is 11.6 Å². The van der Waals surface area contributed by atoms with Gasteiger partial charge in [-0.25, -0.2) is 9.50 Å². The Morgan fingerprint density at radius 3 is 2.54 bits per heavy atom. The molecule has 0 spiro atoms. The zero-order chi connectivity index (χ0) is 19.7. The van der Waals surface area contributed by atoms with E-state index in [1.54, 1.807) is 20.3 Å². The van der Waals surface area contributed by atoms with E-state index in [-0.39, 0.29) is 5.91 Å². The smallest absolute Gasteiger partial charge is 0.257 e. The molecule has 0 aliphatic heterocycles. The third-order valence-corrected chi connectivity index (χ3v) is 4.86. The predicted molar refractivity (Wildman–Crippen MR) is 108 cm³/mol. The van der Waals surface area contributed by atoms with E-state index in [9.17, 15) is 4.79 Å². The molecule has 0 bridgehead atoms. The summed E-state index contributed by atoms with van der Waals surface area (Å²) in [6, 6.07) is 13.7. The summed E-state index contributed by atoms with van der Waals surface area (Å²) in [5, 5.41) is 8.87. The highest BCUT2D eigenvalue weighted by atomic mass is 16.2. The number of aromatic nitrogens is 5. The number of aryl methyl sites for hydroxylation is 1. The molecule has 7 heteroatoms. The average molecular weight is 374 g/mol. The van der Waals surface area contributed by atoms with E-state index in [0.717, 1.165) is 22.5 Å². The van der Waals surface area contributed by atoms with Gasteiger partial charge in [0, 0.05) is 37.5 Å². The third-order valence-electron chi connectivity index (χ3n) is 4.86. The number of benzene rings is 1. The molecule has 0 aliphatic rings. The van der Waals surface area contributed by atoms with Gasteiger partial charge in [-0.2, -0.15) is 5.10 Å². The molecule has 4 aromatic rings. The van der Waals surface area contributed by atoms with E-state index < -0.39 is 0 Å². The van der Waals surface area contributed by atoms with Gasteiger partial charge in [0.25, 0.3) is 5.91 Å². The van der Waals surface area contributed by atoms with Crippen LogP contribution in [0, 0.1) is 0 Å². The molecule has 142 valence electrons. The molecule has 7 nitrogen and oxygen atoms in total. The fourth-order valence-electron chi connectivity index (χ4n) is 3.36. The van der Waals surface area contributed by atoms with E-state index in [1.807, 2.05) is 69.6 Å². The third kappa shape index (κ3) is 3.05. The van der Waals surface area contributed by atoms with E-state index in [1.165, 1.54) is 0 Å². The van der Waals surface area contributed by atoms with Crippen LogP contribution in [0.4, 0.5) is 0 Å². The van der Waals surface area contributed by atoms with Crippen LogP contribution in [0.25, 0.3) is 28.3 Å². The van der Waals surface area contributed by atoms with Crippen molar-refractivity contribution in [2.75, 3.05) is 13.1 Å². The zero-order valence-corrected chi connectivity index (χ0v) is 16.2. The molecule has 1 aromatic carbocycles. The van der Waals surface area contributed by atoms with Gasteiger partial charge in [0.05, 0.1) is 17.5 Å². The second kappa shape index (κ2) is 7.26. The van der Waals surface area contributed by atoms with Gasteiger partial charge < -0.3 is 4.90 Å². The first kappa shape index (κ1) is 17.9. The summed E-state index contributed by atoms with van der Waals surface area (Å²) < 4.78 is 3.48. The minimum absolute atomic E-state index is 0.0144. The Morgan fingerprint density at radius 2 is 1.82 bits per heavy atom. The molecule has 0 N–H and O–H groups in total. The maximum absolute atomic E-state index is 12.9. The van der Waals surface area contributed by atoms with Crippen LogP contribution < -0.4 is 0 Å². The Balaban J connectivity index is 1.78. The number of hydrogen-bond donors (Lipinski definition) is 0. The summed E-state index contributed by atoms with van der Waals surface area (Å²) in [6.45, 7) is 5.27. The number of carbonyl (C=O) groups excluding carboxylic acids is 1. The molecule has 0 radical (unpaired) electrons. The standard InChI is InChI=1S/C21H22N6O/c1-4-26(5-2)21(28)17-14-22-25(3)19(17)16-11-12-27-18(13-16)23-20(24-27)15-9-7-6-8-10-15/h6-14H,4-5H2,1-3H3. The minimum Gasteiger partial charge on any atom is -0.339 e. The Hall–Kier alpha value is -3.48. The van der Waals surface area contributed by atoms with Gasteiger partial charge in [0.1, 0.15) is 0 Å². The lowest BCUT2D eigenvalue weighted by Gasteiger charge is -2.18. The van der Waals surface area contributed by atoms with Gasteiger partial charge >= 0.3 is 0 Å². The number of rotatable bonds is 5. The highest BCUT2D eigenvalue weighted by molar-refractivity contribution is 6.00. The van der Waals surface area contributed by atoms with Crippen molar-refractivity contribution < 1.29 is 4.79 Å². The van der Waals surface area contributed by atoms with Crippen molar-refractivity contribution in [2.45, 2.75) is 13.8 Å². The molecule has 0 aliphatic carbocycles. The van der Waals surface area contributed by atoms with Gasteiger partial charge in [0.2, 0.25) is 0 Å². The monoisotopic (exact) mass is 374 g/mol. The molecule has 0 fully saturated rings. The molecular formula is C21H22N6O. The normalized spacial score (nSPS) is 11.1. The molecule has 0 atom stereocenters. The first-order valence-corrected chi connectivity index (χ1v) is 9.35. The maximum atomic E-state index is 12.9. The van der Waals surface area contributed by atoms with Gasteiger partial charge in [-0.05, 0) is 26.0 Å². The van der Waals surface area contributed by atoms with Crippen molar-refractivity contribution in [3.63, 3.8) is 0 Å². The van der Waals surface area contributed by atoms with E-state index >= 15 is 0 Å². The highest BCUT2D eigenvalue weighted by Gasteiger charge is 2.21. The minimum atomic E-state index is -0.0144. The van der Waals surface area contributed by atoms with Crippen molar-refractivity contribution in [3.8, 4) is 22.6 Å². The Kier molecular flexibility index (Phi) is 4.65. The van der Waals surface area contributed by atoms with Gasteiger partial charge in [-0.15, -0.1) is 5.10 Å². The molecule has 0 saturated heterocycles. The van der Waals surface area contributed by atoms with Crippen LogP contribution in [0.15, 0.2) is 54.9 Å². The van der Waals surface area contributed by atoms with Crippen LogP contribution in [-0.4, -0.2) is 48.3 Å². The van der Waals surface area contributed by atoms with E-state index in [0.29, 0.717) is 24.5 Å². The summed E-state index contributed by atoms with van der Waals surface area (Å²) in [5.41, 5.74) is 3.95. The molecule has 3 heterocycles. The largest absolute Gasteiger partial charge is 0.339 e.